The average molecular weight is 308 g/mol. The van der Waals surface area contributed by atoms with Crippen LogP contribution in [-0.2, 0) is 6.42 Å². The Balaban J connectivity index is 2.02. The first-order chi connectivity index (χ1) is 10.1. The molecule has 0 unspecified atom stereocenters. The van der Waals surface area contributed by atoms with Crippen molar-refractivity contribution in [3.63, 3.8) is 0 Å². The number of hydrogen-bond donors (Lipinski definition) is 0. The molecule has 0 spiro atoms. The largest absolute Gasteiger partial charge is 0.308 e. The Bertz CT molecular complexity index is 717. The van der Waals surface area contributed by atoms with Crippen LogP contribution in [0.1, 0.15) is 22.3 Å². The van der Waals surface area contributed by atoms with E-state index in [1.165, 1.54) is 29.2 Å². The quantitative estimate of drug-likeness (QED) is 0.773. The molecule has 1 amide bonds. The smallest absolute Gasteiger partial charge is 0.261 e. The number of halogens is 3. The van der Waals surface area contributed by atoms with Crippen molar-refractivity contribution in [3.05, 3.63) is 64.2 Å². The summed E-state index contributed by atoms with van der Waals surface area (Å²) >= 11 is 5.69. The maximum Gasteiger partial charge on any atom is 0.261 e. The molecule has 0 radical (unpaired) electrons. The van der Waals surface area contributed by atoms with Crippen LogP contribution in [0.2, 0.25) is 5.02 Å². The molecule has 2 aromatic carbocycles. The van der Waals surface area contributed by atoms with E-state index >= 15 is 0 Å². The first-order valence-corrected chi connectivity index (χ1v) is 6.99. The van der Waals surface area contributed by atoms with Crippen molar-refractivity contribution in [1.82, 2.24) is 0 Å². The maximum atomic E-state index is 13.9. The van der Waals surface area contributed by atoms with Gasteiger partial charge >= 0.3 is 0 Å². The molecule has 0 atom stereocenters. The van der Waals surface area contributed by atoms with Crippen LogP contribution in [0.15, 0.2) is 36.4 Å². The van der Waals surface area contributed by atoms with Crippen molar-refractivity contribution >= 4 is 23.2 Å². The van der Waals surface area contributed by atoms with Crippen LogP contribution in [0.5, 0.6) is 0 Å². The SMILES string of the molecule is O=C(c1ccc(Cl)cc1F)N1CCCc2ccc(F)cc21. The van der Waals surface area contributed by atoms with Gasteiger partial charge in [-0.2, -0.15) is 0 Å². The van der Waals surface area contributed by atoms with Gasteiger partial charge in [0, 0.05) is 11.6 Å². The highest BCUT2D eigenvalue weighted by molar-refractivity contribution is 6.30. The second-order valence-electron chi connectivity index (χ2n) is 4.96. The highest BCUT2D eigenvalue weighted by atomic mass is 35.5. The Kier molecular flexibility index (Phi) is 3.64. The number of anilines is 1. The molecule has 21 heavy (non-hydrogen) atoms. The molecular weight excluding hydrogens is 296 g/mol. The molecule has 0 N–H and O–H groups in total. The van der Waals surface area contributed by atoms with Gasteiger partial charge in [0.2, 0.25) is 0 Å². The van der Waals surface area contributed by atoms with Gasteiger partial charge in [-0.15, -0.1) is 0 Å². The van der Waals surface area contributed by atoms with Crippen molar-refractivity contribution in [1.29, 1.82) is 0 Å². The van der Waals surface area contributed by atoms with Crippen LogP contribution in [0.3, 0.4) is 0 Å². The highest BCUT2D eigenvalue weighted by Crippen LogP contribution is 2.30. The Labute approximate surface area is 125 Å². The standard InChI is InChI=1S/C16H12ClF2NO/c17-11-4-6-13(14(19)8-11)16(21)20-7-1-2-10-3-5-12(18)9-15(10)20/h3-6,8-9H,1-2,7H2. The number of aryl methyl sites for hydroxylation is 1. The molecule has 1 aliphatic heterocycles. The summed E-state index contributed by atoms with van der Waals surface area (Å²) in [7, 11) is 0. The number of amides is 1. The Morgan fingerprint density at radius 1 is 1.14 bits per heavy atom. The summed E-state index contributed by atoms with van der Waals surface area (Å²) in [6, 6.07) is 8.28. The summed E-state index contributed by atoms with van der Waals surface area (Å²) in [5.41, 5.74) is 1.35. The molecule has 0 fully saturated rings. The third-order valence-electron chi connectivity index (χ3n) is 3.57. The molecule has 108 valence electrons. The van der Waals surface area contributed by atoms with Crippen molar-refractivity contribution < 1.29 is 13.6 Å². The number of fused-ring (bicyclic) bond motifs is 1. The molecule has 1 aliphatic rings. The minimum absolute atomic E-state index is 0.0588. The van der Waals surface area contributed by atoms with E-state index in [2.05, 4.69) is 0 Å². The monoisotopic (exact) mass is 307 g/mol. The number of rotatable bonds is 1. The Morgan fingerprint density at radius 3 is 2.71 bits per heavy atom. The fourth-order valence-corrected chi connectivity index (χ4v) is 2.73. The minimum Gasteiger partial charge on any atom is -0.308 e. The van der Waals surface area contributed by atoms with E-state index < -0.39 is 17.5 Å². The summed E-state index contributed by atoms with van der Waals surface area (Å²) < 4.78 is 27.3. The van der Waals surface area contributed by atoms with E-state index in [0.717, 1.165) is 24.5 Å². The van der Waals surface area contributed by atoms with E-state index in [9.17, 15) is 13.6 Å². The van der Waals surface area contributed by atoms with Crippen molar-refractivity contribution in [2.75, 3.05) is 11.4 Å². The number of nitrogens with zero attached hydrogens (tertiary/aromatic N) is 1. The molecule has 1 heterocycles. The van der Waals surface area contributed by atoms with E-state index in [0.29, 0.717) is 12.2 Å². The van der Waals surface area contributed by atoms with Crippen LogP contribution in [0, 0.1) is 11.6 Å². The van der Waals surface area contributed by atoms with Crippen molar-refractivity contribution in [2.45, 2.75) is 12.8 Å². The lowest BCUT2D eigenvalue weighted by Crippen LogP contribution is -2.36. The van der Waals surface area contributed by atoms with Crippen LogP contribution in [0.25, 0.3) is 0 Å². The number of carbonyl (C=O) groups is 1. The first-order valence-electron chi connectivity index (χ1n) is 6.61. The van der Waals surface area contributed by atoms with E-state index in [-0.39, 0.29) is 10.6 Å². The normalized spacial score (nSPS) is 14.0. The molecule has 0 aliphatic carbocycles. The third-order valence-corrected chi connectivity index (χ3v) is 3.81. The average Bonchev–Trinajstić information content (AvgIpc) is 2.46. The van der Waals surface area contributed by atoms with Gasteiger partial charge in [-0.25, -0.2) is 8.78 Å². The first kappa shape index (κ1) is 14.0. The lowest BCUT2D eigenvalue weighted by atomic mass is 10.0. The fourth-order valence-electron chi connectivity index (χ4n) is 2.57. The third kappa shape index (κ3) is 2.63. The van der Waals surface area contributed by atoms with Gasteiger partial charge in [-0.3, -0.25) is 4.79 Å². The predicted octanol–water partition coefficient (Wildman–Crippen LogP) is 4.21. The number of benzene rings is 2. The molecular formula is C16H12ClF2NO. The van der Waals surface area contributed by atoms with E-state index in [1.807, 2.05) is 0 Å². The van der Waals surface area contributed by atoms with E-state index in [1.54, 1.807) is 6.07 Å². The van der Waals surface area contributed by atoms with Gasteiger partial charge in [-0.05, 0) is 48.7 Å². The summed E-state index contributed by atoms with van der Waals surface area (Å²) in [6.45, 7) is 0.442. The van der Waals surface area contributed by atoms with Gasteiger partial charge in [0.1, 0.15) is 11.6 Å². The zero-order chi connectivity index (χ0) is 15.0. The molecule has 0 bridgehead atoms. The van der Waals surface area contributed by atoms with Gasteiger partial charge in [0.15, 0.2) is 0 Å². The molecule has 0 saturated carbocycles. The van der Waals surface area contributed by atoms with Crippen LogP contribution >= 0.6 is 11.6 Å². The van der Waals surface area contributed by atoms with Gasteiger partial charge in [-0.1, -0.05) is 17.7 Å². The molecule has 2 nitrogen and oxygen atoms in total. The topological polar surface area (TPSA) is 20.3 Å². The van der Waals surface area contributed by atoms with Crippen LogP contribution < -0.4 is 4.90 Å². The number of hydrogen-bond acceptors (Lipinski definition) is 1. The zero-order valence-corrected chi connectivity index (χ0v) is 11.8. The second-order valence-corrected chi connectivity index (χ2v) is 5.39. The van der Waals surface area contributed by atoms with Crippen molar-refractivity contribution in [2.24, 2.45) is 0 Å². The minimum atomic E-state index is -0.670. The number of carbonyl (C=O) groups excluding carboxylic acids is 1. The fraction of sp³-hybridized carbons (Fsp3) is 0.188. The van der Waals surface area contributed by atoms with Crippen molar-refractivity contribution in [3.8, 4) is 0 Å². The van der Waals surface area contributed by atoms with Crippen LogP contribution in [0.4, 0.5) is 14.5 Å². The molecule has 2 aromatic rings. The van der Waals surface area contributed by atoms with Gasteiger partial charge < -0.3 is 4.90 Å². The highest BCUT2D eigenvalue weighted by Gasteiger charge is 2.25. The maximum absolute atomic E-state index is 13.9. The molecule has 5 heteroatoms. The van der Waals surface area contributed by atoms with Gasteiger partial charge in [0.05, 0.1) is 11.3 Å². The van der Waals surface area contributed by atoms with Crippen LogP contribution in [-0.4, -0.2) is 12.5 Å². The van der Waals surface area contributed by atoms with Gasteiger partial charge in [0.25, 0.3) is 5.91 Å². The summed E-state index contributed by atoms with van der Waals surface area (Å²) in [5.74, 6) is -1.56. The summed E-state index contributed by atoms with van der Waals surface area (Å²) in [6.07, 6.45) is 1.54. The second kappa shape index (κ2) is 5.45. The molecule has 3 rings (SSSR count). The summed E-state index contributed by atoms with van der Waals surface area (Å²) in [4.78, 5) is 14.0. The Morgan fingerprint density at radius 2 is 1.95 bits per heavy atom. The predicted molar refractivity (Wildman–Crippen MR) is 77.8 cm³/mol. The summed E-state index contributed by atoms with van der Waals surface area (Å²) in [5, 5.41) is 0.231. The molecule has 0 aromatic heterocycles. The lowest BCUT2D eigenvalue weighted by molar-refractivity contribution is 0.0981. The molecule has 0 saturated heterocycles. The lowest BCUT2D eigenvalue weighted by Gasteiger charge is -2.29. The van der Waals surface area contributed by atoms with E-state index in [4.69, 9.17) is 11.6 Å². The zero-order valence-electron chi connectivity index (χ0n) is 11.1. The Hall–Kier alpha value is -1.94.